The molecule has 1 heterocycles. The van der Waals surface area contributed by atoms with E-state index >= 15 is 0 Å². The second-order valence-electron chi connectivity index (χ2n) is 9.47. The average molecular weight is 498 g/mol. The summed E-state index contributed by atoms with van der Waals surface area (Å²) in [5.74, 6) is -1.23. The van der Waals surface area contributed by atoms with E-state index in [1.165, 1.54) is 29.2 Å². The lowest BCUT2D eigenvalue weighted by Gasteiger charge is -2.34. The van der Waals surface area contributed by atoms with Crippen LogP contribution in [-0.2, 0) is 20.9 Å². The summed E-state index contributed by atoms with van der Waals surface area (Å²) in [6.45, 7) is 3.80. The lowest BCUT2D eigenvalue weighted by molar-refractivity contribution is -0.152. The zero-order valence-corrected chi connectivity index (χ0v) is 20.6. The van der Waals surface area contributed by atoms with E-state index in [1.807, 2.05) is 6.07 Å². The number of hydrogen-bond donors (Lipinski definition) is 2. The molecule has 1 saturated carbocycles. The van der Waals surface area contributed by atoms with Crippen LogP contribution in [0.1, 0.15) is 63.1 Å². The third kappa shape index (κ3) is 5.95. The quantitative estimate of drug-likeness (QED) is 0.570. The molecule has 36 heavy (non-hydrogen) atoms. The van der Waals surface area contributed by atoms with Crippen LogP contribution < -0.4 is 20.1 Å². The number of carbonyl (C=O) groups is 3. The second-order valence-corrected chi connectivity index (χ2v) is 9.47. The van der Waals surface area contributed by atoms with Crippen LogP contribution in [0.4, 0.5) is 4.39 Å². The first-order chi connectivity index (χ1) is 17.3. The fourth-order valence-electron chi connectivity index (χ4n) is 4.68. The molecule has 0 spiro atoms. The molecule has 1 aliphatic heterocycles. The first-order valence-corrected chi connectivity index (χ1v) is 12.4. The van der Waals surface area contributed by atoms with Crippen LogP contribution in [-0.4, -0.2) is 41.5 Å². The monoisotopic (exact) mass is 497 g/mol. The molecule has 1 atom stereocenters. The molecule has 0 unspecified atom stereocenters. The van der Waals surface area contributed by atoms with E-state index in [-0.39, 0.29) is 19.4 Å². The predicted octanol–water partition coefficient (Wildman–Crippen LogP) is 3.60. The van der Waals surface area contributed by atoms with Crippen molar-refractivity contribution in [3.8, 4) is 11.5 Å². The average Bonchev–Trinajstić information content (AvgIpc) is 3.34. The lowest BCUT2D eigenvalue weighted by Crippen LogP contribution is -2.53. The number of amides is 3. The van der Waals surface area contributed by atoms with Crippen LogP contribution in [0.15, 0.2) is 42.5 Å². The minimum absolute atomic E-state index is 0.0479. The molecule has 2 aromatic carbocycles. The zero-order valence-electron chi connectivity index (χ0n) is 20.6. The van der Waals surface area contributed by atoms with Crippen LogP contribution >= 0.6 is 0 Å². The standard InChI is InChI=1S/C27H32FN3O5/c1-17(2)31(27(34)26(33)30-21-6-4-3-5-7-21)24(19-9-11-20(28)12-10-19)25(32)29-15-18-8-13-22-23(14-18)36-16-35-22/h8-14,17,21,24H,3-7,15-16H2,1-2H3,(H,29,32)(H,30,33)/t24-/m0/s1. The van der Waals surface area contributed by atoms with Crippen molar-refractivity contribution in [2.24, 2.45) is 0 Å². The van der Waals surface area contributed by atoms with Gasteiger partial charge >= 0.3 is 11.8 Å². The van der Waals surface area contributed by atoms with Crippen molar-refractivity contribution in [1.82, 2.24) is 15.5 Å². The van der Waals surface area contributed by atoms with Gasteiger partial charge in [0.1, 0.15) is 11.9 Å². The molecule has 2 aliphatic rings. The molecule has 0 radical (unpaired) electrons. The summed E-state index contributed by atoms with van der Waals surface area (Å²) in [5, 5.41) is 5.70. The van der Waals surface area contributed by atoms with Crippen LogP contribution in [0.5, 0.6) is 11.5 Å². The third-order valence-corrected chi connectivity index (χ3v) is 6.54. The van der Waals surface area contributed by atoms with Gasteiger partial charge in [-0.3, -0.25) is 14.4 Å². The molecule has 8 nitrogen and oxygen atoms in total. The van der Waals surface area contributed by atoms with Crippen molar-refractivity contribution in [3.05, 3.63) is 59.4 Å². The Kier molecular flexibility index (Phi) is 8.07. The summed E-state index contributed by atoms with van der Waals surface area (Å²) in [7, 11) is 0. The normalized spacial score (nSPS) is 15.9. The Bertz CT molecular complexity index is 1100. The summed E-state index contributed by atoms with van der Waals surface area (Å²) >= 11 is 0. The van der Waals surface area contributed by atoms with Crippen LogP contribution in [0, 0.1) is 5.82 Å². The molecule has 0 saturated heterocycles. The fourth-order valence-corrected chi connectivity index (χ4v) is 4.68. The van der Waals surface area contributed by atoms with Gasteiger partial charge in [0.05, 0.1) is 0 Å². The van der Waals surface area contributed by atoms with Gasteiger partial charge in [-0.15, -0.1) is 0 Å². The summed E-state index contributed by atoms with van der Waals surface area (Å²) in [5.41, 5.74) is 1.19. The van der Waals surface area contributed by atoms with E-state index in [2.05, 4.69) is 10.6 Å². The smallest absolute Gasteiger partial charge is 0.313 e. The molecule has 9 heteroatoms. The topological polar surface area (TPSA) is 97.0 Å². The van der Waals surface area contributed by atoms with Gasteiger partial charge in [-0.2, -0.15) is 0 Å². The number of rotatable bonds is 7. The highest BCUT2D eigenvalue weighted by atomic mass is 19.1. The Hall–Kier alpha value is -3.62. The minimum atomic E-state index is -1.12. The number of ether oxygens (including phenoxy) is 2. The number of benzene rings is 2. The molecule has 2 N–H and O–H groups in total. The molecule has 2 aromatic rings. The Balaban J connectivity index is 1.55. The van der Waals surface area contributed by atoms with Crippen molar-refractivity contribution < 1.29 is 28.2 Å². The minimum Gasteiger partial charge on any atom is -0.454 e. The number of hydrogen-bond acceptors (Lipinski definition) is 5. The molecule has 3 amide bonds. The molecular weight excluding hydrogens is 465 g/mol. The van der Waals surface area contributed by atoms with Gasteiger partial charge in [-0.05, 0) is 62.1 Å². The second kappa shape index (κ2) is 11.4. The maximum absolute atomic E-state index is 13.7. The maximum Gasteiger partial charge on any atom is 0.313 e. The largest absolute Gasteiger partial charge is 0.454 e. The SMILES string of the molecule is CC(C)N(C(=O)C(=O)NC1CCCCC1)[C@H](C(=O)NCc1ccc2c(c1)OCO2)c1ccc(F)cc1. The van der Waals surface area contributed by atoms with Crippen molar-refractivity contribution in [3.63, 3.8) is 0 Å². The summed E-state index contributed by atoms with van der Waals surface area (Å²) < 4.78 is 24.4. The Morgan fingerprint density at radius 1 is 1.00 bits per heavy atom. The summed E-state index contributed by atoms with van der Waals surface area (Å²) in [4.78, 5) is 41.1. The maximum atomic E-state index is 13.7. The van der Waals surface area contributed by atoms with E-state index in [0.717, 1.165) is 37.7 Å². The first-order valence-electron chi connectivity index (χ1n) is 12.4. The van der Waals surface area contributed by atoms with E-state index < -0.39 is 35.6 Å². The van der Waals surface area contributed by atoms with Gasteiger partial charge in [0.15, 0.2) is 11.5 Å². The van der Waals surface area contributed by atoms with Crippen LogP contribution in [0.25, 0.3) is 0 Å². The van der Waals surface area contributed by atoms with Crippen LogP contribution in [0.3, 0.4) is 0 Å². The number of halogens is 1. The Labute approximate surface area is 210 Å². The van der Waals surface area contributed by atoms with Gasteiger partial charge in [0.2, 0.25) is 12.7 Å². The van der Waals surface area contributed by atoms with E-state index in [1.54, 1.807) is 26.0 Å². The van der Waals surface area contributed by atoms with Gasteiger partial charge in [0, 0.05) is 18.6 Å². The zero-order chi connectivity index (χ0) is 25.7. The van der Waals surface area contributed by atoms with E-state index in [0.29, 0.717) is 17.1 Å². The predicted molar refractivity (Wildman–Crippen MR) is 131 cm³/mol. The van der Waals surface area contributed by atoms with Crippen molar-refractivity contribution >= 4 is 17.7 Å². The molecular formula is C27H32FN3O5. The first kappa shape index (κ1) is 25.5. The van der Waals surface area contributed by atoms with E-state index in [9.17, 15) is 18.8 Å². The van der Waals surface area contributed by atoms with Crippen molar-refractivity contribution in [1.29, 1.82) is 0 Å². The van der Waals surface area contributed by atoms with Crippen LogP contribution in [0.2, 0.25) is 0 Å². The number of carbonyl (C=O) groups excluding carboxylic acids is 3. The number of nitrogens with zero attached hydrogens (tertiary/aromatic N) is 1. The van der Waals surface area contributed by atoms with Gasteiger partial charge in [0.25, 0.3) is 0 Å². The van der Waals surface area contributed by atoms with Crippen molar-refractivity contribution in [2.75, 3.05) is 6.79 Å². The fraction of sp³-hybridized carbons (Fsp3) is 0.444. The van der Waals surface area contributed by atoms with Crippen molar-refractivity contribution in [2.45, 2.75) is 70.6 Å². The lowest BCUT2D eigenvalue weighted by atomic mass is 9.95. The molecule has 0 aromatic heterocycles. The molecule has 1 fully saturated rings. The Morgan fingerprint density at radius 3 is 2.39 bits per heavy atom. The Morgan fingerprint density at radius 2 is 1.69 bits per heavy atom. The molecule has 0 bridgehead atoms. The summed E-state index contributed by atoms with van der Waals surface area (Å²) in [6, 6.07) is 9.10. The van der Waals surface area contributed by atoms with E-state index in [4.69, 9.17) is 9.47 Å². The molecule has 4 rings (SSSR count). The van der Waals surface area contributed by atoms with Gasteiger partial charge in [-0.1, -0.05) is 37.5 Å². The summed E-state index contributed by atoms with van der Waals surface area (Å²) in [6.07, 6.45) is 4.80. The number of nitrogens with one attached hydrogen (secondary N) is 2. The molecule has 1 aliphatic carbocycles. The molecule has 192 valence electrons. The van der Waals surface area contributed by atoms with Gasteiger partial charge < -0.3 is 25.0 Å². The number of fused-ring (bicyclic) bond motifs is 1. The highest BCUT2D eigenvalue weighted by Crippen LogP contribution is 2.32. The highest BCUT2D eigenvalue weighted by Gasteiger charge is 2.37. The highest BCUT2D eigenvalue weighted by molar-refractivity contribution is 6.35. The van der Waals surface area contributed by atoms with Gasteiger partial charge in [-0.25, -0.2) is 4.39 Å². The third-order valence-electron chi connectivity index (χ3n) is 6.54.